The van der Waals surface area contributed by atoms with Crippen molar-refractivity contribution in [1.29, 1.82) is 0 Å². The molecule has 0 unspecified atom stereocenters. The van der Waals surface area contributed by atoms with Gasteiger partial charge in [-0.1, -0.05) is 0 Å². The van der Waals surface area contributed by atoms with E-state index in [-0.39, 0.29) is 0 Å². The van der Waals surface area contributed by atoms with Crippen LogP contribution in [-0.4, -0.2) is 10.2 Å². The van der Waals surface area contributed by atoms with Crippen LogP contribution in [0.1, 0.15) is 0 Å². The highest BCUT2D eigenvalue weighted by Crippen LogP contribution is 1.80. The average Bonchev–Trinajstić information content (AvgIpc) is 2.23. The lowest BCUT2D eigenvalue weighted by atomic mass is 11.6. The molecule has 1 heterocycles. The van der Waals surface area contributed by atoms with Gasteiger partial charge in [0.25, 0.3) is 0 Å². The number of thiol groups is 2. The van der Waals surface area contributed by atoms with Crippen LogP contribution < -0.4 is 0 Å². The SMILES string of the molecule is SS.c1nncs1. The maximum Gasteiger partial charge on any atom is 0.103 e. The zero-order valence-corrected chi connectivity index (χ0v) is 5.96. The first kappa shape index (κ1) is 7.26. The van der Waals surface area contributed by atoms with Crippen LogP contribution >= 0.6 is 34.7 Å². The van der Waals surface area contributed by atoms with Crippen molar-refractivity contribution in [2.75, 3.05) is 0 Å². The molecule has 0 atom stereocenters. The maximum absolute atomic E-state index is 3.49. The summed E-state index contributed by atoms with van der Waals surface area (Å²) in [5.41, 5.74) is 3.36. The van der Waals surface area contributed by atoms with Gasteiger partial charge in [-0.05, 0) is 0 Å². The van der Waals surface area contributed by atoms with E-state index < -0.39 is 0 Å². The van der Waals surface area contributed by atoms with Gasteiger partial charge in [0.05, 0.1) is 0 Å². The van der Waals surface area contributed by atoms with Gasteiger partial charge in [0.15, 0.2) is 0 Å². The molecule has 0 bridgehead atoms. The predicted molar refractivity (Wildman–Crippen MR) is 37.9 cm³/mol. The Hall–Kier alpha value is 0.260. The van der Waals surface area contributed by atoms with Gasteiger partial charge in [-0.2, -0.15) is 0 Å². The van der Waals surface area contributed by atoms with Gasteiger partial charge < -0.3 is 0 Å². The average molecular weight is 152 g/mol. The van der Waals surface area contributed by atoms with Gasteiger partial charge in [-0.3, -0.25) is 0 Å². The van der Waals surface area contributed by atoms with Gasteiger partial charge in [0, 0.05) is 0 Å². The molecule has 0 aliphatic carbocycles. The fourth-order valence-corrected chi connectivity index (χ4v) is 0.408. The first-order chi connectivity index (χ1) is 3.50. The molecule has 0 aromatic carbocycles. The van der Waals surface area contributed by atoms with Crippen LogP contribution in [0.3, 0.4) is 0 Å². The molecule has 0 radical (unpaired) electrons. The summed E-state index contributed by atoms with van der Waals surface area (Å²) in [4.78, 5) is 0. The molecule has 0 amide bonds. The number of hydrogen-bond acceptors (Lipinski definition) is 5. The van der Waals surface area contributed by atoms with E-state index in [1.807, 2.05) is 0 Å². The van der Waals surface area contributed by atoms with Crippen molar-refractivity contribution in [2.24, 2.45) is 0 Å². The Morgan fingerprint density at radius 1 is 1.14 bits per heavy atom. The third kappa shape index (κ3) is 4.11. The van der Waals surface area contributed by atoms with E-state index >= 15 is 0 Å². The molecular formula is C2H4N2S3. The van der Waals surface area contributed by atoms with Crippen LogP contribution in [-0.2, 0) is 0 Å². The summed E-state index contributed by atoms with van der Waals surface area (Å²) in [7, 11) is 0. The Kier molecular flexibility index (Phi) is 6.49. The van der Waals surface area contributed by atoms with Crippen molar-refractivity contribution >= 4 is 34.7 Å². The van der Waals surface area contributed by atoms with E-state index in [1.54, 1.807) is 11.0 Å². The second kappa shape index (κ2) is 6.26. The molecule has 2 nitrogen and oxygen atoms in total. The Labute approximate surface area is 56.2 Å². The molecule has 0 N–H and O–H groups in total. The third-order valence-corrected chi connectivity index (χ3v) is 0.715. The zero-order chi connectivity index (χ0) is 5.54. The highest BCUT2D eigenvalue weighted by atomic mass is 33.1. The molecule has 1 rings (SSSR count). The Balaban J connectivity index is 0.000000162. The number of hydrogen-bond donors (Lipinski definition) is 2. The minimum atomic E-state index is 1.49. The van der Waals surface area contributed by atoms with Crippen LogP contribution in [0.2, 0.25) is 0 Å². The molecule has 0 aliphatic heterocycles. The summed E-state index contributed by atoms with van der Waals surface area (Å²) in [6.45, 7) is 0. The Bertz CT molecular complexity index is 67.4. The molecule has 0 saturated carbocycles. The Morgan fingerprint density at radius 2 is 1.57 bits per heavy atom. The molecule has 0 saturated heterocycles. The van der Waals surface area contributed by atoms with Gasteiger partial charge >= 0.3 is 0 Å². The van der Waals surface area contributed by atoms with E-state index in [4.69, 9.17) is 0 Å². The normalized spacial score (nSPS) is 6.57. The van der Waals surface area contributed by atoms with Crippen LogP contribution in [0.15, 0.2) is 11.0 Å². The van der Waals surface area contributed by atoms with Crippen molar-refractivity contribution in [3.8, 4) is 0 Å². The van der Waals surface area contributed by atoms with Crippen molar-refractivity contribution in [3.05, 3.63) is 11.0 Å². The predicted octanol–water partition coefficient (Wildman–Crippen LogP) is 1.30. The Morgan fingerprint density at radius 3 is 1.71 bits per heavy atom. The lowest BCUT2D eigenvalue weighted by Crippen LogP contribution is -1.53. The smallest absolute Gasteiger partial charge is 0.103 e. The second-order valence-corrected chi connectivity index (χ2v) is 1.27. The van der Waals surface area contributed by atoms with Crippen LogP contribution in [0.5, 0.6) is 0 Å². The van der Waals surface area contributed by atoms with Crippen molar-refractivity contribution in [2.45, 2.75) is 0 Å². The topological polar surface area (TPSA) is 25.8 Å². The fraction of sp³-hybridized carbons (Fsp3) is 0. The molecule has 0 aliphatic rings. The number of rotatable bonds is 0. The van der Waals surface area contributed by atoms with Crippen LogP contribution in [0.4, 0.5) is 0 Å². The molecule has 1 aromatic heterocycles. The lowest BCUT2D eigenvalue weighted by molar-refractivity contribution is 1.09. The molecular weight excluding hydrogens is 148 g/mol. The van der Waals surface area contributed by atoms with Crippen LogP contribution in [0.25, 0.3) is 0 Å². The van der Waals surface area contributed by atoms with Crippen LogP contribution in [0, 0.1) is 0 Å². The molecule has 0 spiro atoms. The monoisotopic (exact) mass is 152 g/mol. The summed E-state index contributed by atoms with van der Waals surface area (Å²) in [6.07, 6.45) is 0. The van der Waals surface area contributed by atoms with E-state index in [2.05, 4.69) is 33.5 Å². The van der Waals surface area contributed by atoms with E-state index in [9.17, 15) is 0 Å². The van der Waals surface area contributed by atoms with Gasteiger partial charge in [0.2, 0.25) is 0 Å². The largest absolute Gasteiger partial charge is 0.147 e. The van der Waals surface area contributed by atoms with Gasteiger partial charge in [-0.15, -0.1) is 44.9 Å². The lowest BCUT2D eigenvalue weighted by Gasteiger charge is -1.41. The summed E-state index contributed by atoms with van der Waals surface area (Å²) in [6, 6.07) is 0. The first-order valence-electron chi connectivity index (χ1n) is 1.39. The second-order valence-electron chi connectivity index (χ2n) is 0.578. The summed E-state index contributed by atoms with van der Waals surface area (Å²) < 4.78 is 0. The summed E-state index contributed by atoms with van der Waals surface area (Å²) in [5.74, 6) is 0. The fourth-order valence-electron chi connectivity index (χ4n) is 0.136. The maximum atomic E-state index is 3.49. The minimum absolute atomic E-state index is 1.49. The highest BCUT2D eigenvalue weighted by molar-refractivity contribution is 8.59. The van der Waals surface area contributed by atoms with E-state index in [1.165, 1.54) is 11.3 Å². The van der Waals surface area contributed by atoms with Crippen molar-refractivity contribution < 1.29 is 0 Å². The van der Waals surface area contributed by atoms with Crippen molar-refractivity contribution in [3.63, 3.8) is 0 Å². The molecule has 40 valence electrons. The van der Waals surface area contributed by atoms with E-state index in [0.29, 0.717) is 0 Å². The first-order valence-corrected chi connectivity index (χ1v) is 3.93. The molecule has 7 heavy (non-hydrogen) atoms. The van der Waals surface area contributed by atoms with Gasteiger partial charge in [-0.25, -0.2) is 0 Å². The number of aromatic nitrogens is 2. The zero-order valence-electron chi connectivity index (χ0n) is 3.35. The molecule has 1 aromatic rings. The van der Waals surface area contributed by atoms with E-state index in [0.717, 1.165) is 0 Å². The summed E-state index contributed by atoms with van der Waals surface area (Å²) >= 11 is 7.94. The number of nitrogens with zero attached hydrogens (tertiary/aromatic N) is 2. The third-order valence-electron chi connectivity index (χ3n) is 0.283. The minimum Gasteiger partial charge on any atom is -0.147 e. The van der Waals surface area contributed by atoms with Gasteiger partial charge in [0.1, 0.15) is 11.0 Å². The highest BCUT2D eigenvalue weighted by Gasteiger charge is 1.60. The molecule has 5 heteroatoms. The quantitative estimate of drug-likeness (QED) is 0.433. The summed E-state index contributed by atoms with van der Waals surface area (Å²) in [5, 5.41) is 6.98. The standard InChI is InChI=1S/C2H2N2S.H2S2/c1-3-4-2-5-1;1-2/h1-2H;1-2H. The molecule has 0 fully saturated rings. The van der Waals surface area contributed by atoms with Crippen molar-refractivity contribution in [1.82, 2.24) is 10.2 Å².